The first-order valence-corrected chi connectivity index (χ1v) is 6.37. The van der Waals surface area contributed by atoms with Crippen LogP contribution in [0.3, 0.4) is 0 Å². The van der Waals surface area contributed by atoms with Gasteiger partial charge < -0.3 is 15.7 Å². The van der Waals surface area contributed by atoms with Crippen molar-refractivity contribution < 1.29 is 14.7 Å². The molecule has 108 valence electrons. The Kier molecular flexibility index (Phi) is 4.91. The Morgan fingerprint density at radius 3 is 2.55 bits per heavy atom. The van der Waals surface area contributed by atoms with E-state index in [-0.39, 0.29) is 5.91 Å². The van der Waals surface area contributed by atoms with Crippen LogP contribution in [0.25, 0.3) is 6.08 Å². The standard InChI is InChI=1S/C15H20N2O3/c1-4-17(15(2,3)14(19)20)13(18)9-8-11-6-5-7-12(16)10-11/h5-10H,4,16H2,1-3H3,(H,19,20)/b9-8+. The molecule has 3 N–H and O–H groups in total. The van der Waals surface area contributed by atoms with E-state index >= 15 is 0 Å². The fourth-order valence-corrected chi connectivity index (χ4v) is 1.86. The van der Waals surface area contributed by atoms with Crippen LogP contribution in [0.5, 0.6) is 0 Å². The predicted molar refractivity (Wildman–Crippen MR) is 79.0 cm³/mol. The molecule has 0 saturated heterocycles. The first kappa shape index (κ1) is 15.8. The maximum atomic E-state index is 12.1. The number of nitrogens with zero attached hydrogens (tertiary/aromatic N) is 1. The molecule has 0 bridgehead atoms. The zero-order chi connectivity index (χ0) is 15.3. The molecule has 1 amide bonds. The SMILES string of the molecule is CCN(C(=O)/C=C/c1cccc(N)c1)C(C)(C)C(=O)O. The van der Waals surface area contributed by atoms with Gasteiger partial charge in [0.15, 0.2) is 0 Å². The van der Waals surface area contributed by atoms with Gasteiger partial charge in [-0.3, -0.25) is 4.79 Å². The number of nitrogens with two attached hydrogens (primary N) is 1. The number of amides is 1. The van der Waals surface area contributed by atoms with Gasteiger partial charge in [-0.15, -0.1) is 0 Å². The number of hydrogen-bond donors (Lipinski definition) is 2. The van der Waals surface area contributed by atoms with E-state index in [0.29, 0.717) is 12.2 Å². The maximum Gasteiger partial charge on any atom is 0.329 e. The molecule has 0 unspecified atom stereocenters. The summed E-state index contributed by atoms with van der Waals surface area (Å²) in [5.74, 6) is -1.38. The number of hydrogen-bond acceptors (Lipinski definition) is 3. The van der Waals surface area contributed by atoms with E-state index in [0.717, 1.165) is 5.56 Å². The number of benzene rings is 1. The first-order valence-electron chi connectivity index (χ1n) is 6.37. The van der Waals surface area contributed by atoms with Crippen LogP contribution in [0, 0.1) is 0 Å². The highest BCUT2D eigenvalue weighted by Crippen LogP contribution is 2.16. The molecule has 1 rings (SSSR count). The van der Waals surface area contributed by atoms with E-state index in [1.54, 1.807) is 31.2 Å². The van der Waals surface area contributed by atoms with E-state index in [1.807, 2.05) is 6.07 Å². The molecule has 0 saturated carbocycles. The summed E-state index contributed by atoms with van der Waals surface area (Å²) < 4.78 is 0. The highest BCUT2D eigenvalue weighted by molar-refractivity contribution is 5.95. The van der Waals surface area contributed by atoms with Crippen molar-refractivity contribution in [2.45, 2.75) is 26.3 Å². The summed E-state index contributed by atoms with van der Waals surface area (Å²) >= 11 is 0. The molecular weight excluding hydrogens is 256 g/mol. The van der Waals surface area contributed by atoms with Crippen LogP contribution in [0.1, 0.15) is 26.3 Å². The van der Waals surface area contributed by atoms with Crippen molar-refractivity contribution in [2.24, 2.45) is 0 Å². The van der Waals surface area contributed by atoms with Gasteiger partial charge in [-0.1, -0.05) is 12.1 Å². The molecule has 0 heterocycles. The molecule has 0 aliphatic carbocycles. The van der Waals surface area contributed by atoms with E-state index in [9.17, 15) is 14.7 Å². The van der Waals surface area contributed by atoms with E-state index < -0.39 is 11.5 Å². The van der Waals surface area contributed by atoms with Crippen LogP contribution in [-0.4, -0.2) is 34.0 Å². The molecule has 1 aromatic rings. The molecule has 5 nitrogen and oxygen atoms in total. The predicted octanol–water partition coefficient (Wildman–Crippen LogP) is 1.99. The Hall–Kier alpha value is -2.30. The lowest BCUT2D eigenvalue weighted by Crippen LogP contribution is -2.52. The third-order valence-corrected chi connectivity index (χ3v) is 3.11. The lowest BCUT2D eigenvalue weighted by atomic mass is 10.0. The van der Waals surface area contributed by atoms with Crippen LogP contribution in [0.15, 0.2) is 30.3 Å². The van der Waals surface area contributed by atoms with Gasteiger partial charge in [0.05, 0.1) is 0 Å². The molecule has 0 radical (unpaired) electrons. The van der Waals surface area contributed by atoms with E-state index in [4.69, 9.17) is 5.73 Å². The van der Waals surface area contributed by atoms with Crippen LogP contribution < -0.4 is 5.73 Å². The second-order valence-corrected chi connectivity index (χ2v) is 4.95. The highest BCUT2D eigenvalue weighted by atomic mass is 16.4. The van der Waals surface area contributed by atoms with Gasteiger partial charge in [-0.2, -0.15) is 0 Å². The minimum atomic E-state index is -1.24. The molecule has 0 spiro atoms. The molecule has 20 heavy (non-hydrogen) atoms. The van der Waals surface area contributed by atoms with E-state index in [2.05, 4.69) is 0 Å². The summed E-state index contributed by atoms with van der Waals surface area (Å²) in [5.41, 5.74) is 5.81. The zero-order valence-electron chi connectivity index (χ0n) is 12.0. The number of likely N-dealkylation sites (N-methyl/N-ethyl adjacent to an activating group) is 1. The Morgan fingerprint density at radius 2 is 2.05 bits per heavy atom. The van der Waals surface area contributed by atoms with Gasteiger partial charge in [0.1, 0.15) is 5.54 Å². The minimum absolute atomic E-state index is 0.319. The minimum Gasteiger partial charge on any atom is -0.480 e. The lowest BCUT2D eigenvalue weighted by Gasteiger charge is -2.33. The molecule has 0 atom stereocenters. The quantitative estimate of drug-likeness (QED) is 0.636. The van der Waals surface area contributed by atoms with Gasteiger partial charge in [0.25, 0.3) is 0 Å². The van der Waals surface area contributed by atoms with Crippen molar-refractivity contribution in [3.8, 4) is 0 Å². The molecule has 0 fully saturated rings. The van der Waals surface area contributed by atoms with Crippen molar-refractivity contribution in [1.82, 2.24) is 4.90 Å². The van der Waals surface area contributed by atoms with Gasteiger partial charge in [0, 0.05) is 18.3 Å². The van der Waals surface area contributed by atoms with Gasteiger partial charge in [0.2, 0.25) is 5.91 Å². The van der Waals surface area contributed by atoms with Crippen molar-refractivity contribution in [3.63, 3.8) is 0 Å². The number of anilines is 1. The Balaban J connectivity index is 2.91. The summed E-state index contributed by atoms with van der Waals surface area (Å²) in [4.78, 5) is 24.6. The third-order valence-electron chi connectivity index (χ3n) is 3.11. The number of nitrogen functional groups attached to an aromatic ring is 1. The van der Waals surface area contributed by atoms with Crippen molar-refractivity contribution >= 4 is 23.6 Å². The second-order valence-electron chi connectivity index (χ2n) is 4.95. The maximum absolute atomic E-state index is 12.1. The zero-order valence-corrected chi connectivity index (χ0v) is 12.0. The number of carbonyl (C=O) groups is 2. The Labute approximate surface area is 118 Å². The van der Waals surface area contributed by atoms with E-state index in [1.165, 1.54) is 24.8 Å². The number of rotatable bonds is 5. The smallest absolute Gasteiger partial charge is 0.329 e. The average Bonchev–Trinajstić information content (AvgIpc) is 2.36. The molecule has 0 aliphatic rings. The Bertz CT molecular complexity index is 536. The molecule has 1 aromatic carbocycles. The third kappa shape index (κ3) is 3.60. The molecule has 0 aromatic heterocycles. The highest BCUT2D eigenvalue weighted by Gasteiger charge is 2.35. The molecule has 0 aliphatic heterocycles. The largest absolute Gasteiger partial charge is 0.480 e. The van der Waals surface area contributed by atoms with Crippen LogP contribution in [0.2, 0.25) is 0 Å². The molecule has 5 heteroatoms. The number of aliphatic carboxylic acids is 1. The number of carboxylic acid groups (broad SMARTS) is 1. The van der Waals surface area contributed by atoms with Gasteiger partial charge >= 0.3 is 5.97 Å². The normalized spacial score (nSPS) is 11.6. The van der Waals surface area contributed by atoms with Crippen molar-refractivity contribution in [3.05, 3.63) is 35.9 Å². The summed E-state index contributed by atoms with van der Waals surface area (Å²) in [6.07, 6.45) is 2.99. The van der Waals surface area contributed by atoms with Crippen LogP contribution in [-0.2, 0) is 9.59 Å². The van der Waals surface area contributed by atoms with Gasteiger partial charge in [-0.25, -0.2) is 4.79 Å². The lowest BCUT2D eigenvalue weighted by molar-refractivity contribution is -0.154. The van der Waals surface area contributed by atoms with Crippen molar-refractivity contribution in [2.75, 3.05) is 12.3 Å². The Morgan fingerprint density at radius 1 is 1.40 bits per heavy atom. The van der Waals surface area contributed by atoms with Crippen LogP contribution in [0.4, 0.5) is 5.69 Å². The summed E-state index contributed by atoms with van der Waals surface area (Å²) in [6.45, 7) is 5.08. The molecular formula is C15H20N2O3. The monoisotopic (exact) mass is 276 g/mol. The second kappa shape index (κ2) is 6.23. The summed E-state index contributed by atoms with van der Waals surface area (Å²) in [6, 6.07) is 7.10. The van der Waals surface area contributed by atoms with Gasteiger partial charge in [-0.05, 0) is 44.5 Å². The number of carboxylic acids is 1. The summed E-state index contributed by atoms with van der Waals surface area (Å²) in [5, 5.41) is 9.18. The topological polar surface area (TPSA) is 83.6 Å². The fourth-order valence-electron chi connectivity index (χ4n) is 1.86. The fraction of sp³-hybridized carbons (Fsp3) is 0.333. The summed E-state index contributed by atoms with van der Waals surface area (Å²) in [7, 11) is 0. The van der Waals surface area contributed by atoms with Crippen LogP contribution >= 0.6 is 0 Å². The number of carbonyl (C=O) groups excluding carboxylic acids is 1. The average molecular weight is 276 g/mol. The first-order chi connectivity index (χ1) is 9.28. The van der Waals surface area contributed by atoms with Crippen molar-refractivity contribution in [1.29, 1.82) is 0 Å².